The first-order valence-electron chi connectivity index (χ1n) is 11.3. The fourth-order valence-corrected chi connectivity index (χ4v) is 4.22. The Hall–Kier alpha value is -4.21. The lowest BCUT2D eigenvalue weighted by atomic mass is 10.1. The van der Waals surface area contributed by atoms with E-state index < -0.39 is 5.91 Å². The van der Waals surface area contributed by atoms with Crippen LogP contribution < -0.4 is 11.1 Å². The van der Waals surface area contributed by atoms with Gasteiger partial charge in [0, 0.05) is 55.9 Å². The van der Waals surface area contributed by atoms with Gasteiger partial charge in [0.15, 0.2) is 11.5 Å². The lowest BCUT2D eigenvalue weighted by molar-refractivity contribution is -0.129. The topological polar surface area (TPSA) is 134 Å². The molecule has 10 nitrogen and oxygen atoms in total. The Labute approximate surface area is 196 Å². The average molecular weight is 459 g/mol. The number of carbonyl (C=O) groups is 2. The molecular weight excluding hydrogens is 432 g/mol. The lowest BCUT2D eigenvalue weighted by Crippen LogP contribution is -2.33. The van der Waals surface area contributed by atoms with E-state index in [1.54, 1.807) is 12.4 Å². The summed E-state index contributed by atoms with van der Waals surface area (Å²) < 4.78 is 1.95. The second kappa shape index (κ2) is 8.97. The molecule has 0 aliphatic carbocycles. The van der Waals surface area contributed by atoms with E-state index >= 15 is 0 Å². The van der Waals surface area contributed by atoms with Crippen LogP contribution in [0.5, 0.6) is 0 Å². The van der Waals surface area contributed by atoms with Crippen molar-refractivity contribution < 1.29 is 9.59 Å². The van der Waals surface area contributed by atoms with Crippen molar-refractivity contribution in [2.24, 2.45) is 0 Å². The summed E-state index contributed by atoms with van der Waals surface area (Å²) in [6.45, 7) is 3.75. The van der Waals surface area contributed by atoms with Crippen molar-refractivity contribution in [3.63, 3.8) is 0 Å². The first-order chi connectivity index (χ1) is 16.5. The number of fused-ring (bicyclic) bond motifs is 1. The summed E-state index contributed by atoms with van der Waals surface area (Å²) in [5.41, 5.74) is 10.5. The highest BCUT2D eigenvalue weighted by Crippen LogP contribution is 2.30. The average Bonchev–Trinajstić information content (AvgIpc) is 3.61. The molecule has 1 saturated heterocycles. The molecule has 0 atom stereocenters. The lowest BCUT2D eigenvalue weighted by Gasteiger charge is -2.15. The molecule has 1 aliphatic rings. The number of rotatable bonds is 6. The molecule has 1 fully saturated rings. The molecule has 0 bridgehead atoms. The Balaban J connectivity index is 1.45. The summed E-state index contributed by atoms with van der Waals surface area (Å²) >= 11 is 0. The third-order valence-electron chi connectivity index (χ3n) is 6.04. The first kappa shape index (κ1) is 21.6. The maximum absolute atomic E-state index is 12.9. The van der Waals surface area contributed by atoms with E-state index in [1.165, 1.54) is 0 Å². The molecular formula is C24H26N8O2. The summed E-state index contributed by atoms with van der Waals surface area (Å²) in [6.07, 6.45) is 7.80. The van der Waals surface area contributed by atoms with Gasteiger partial charge in [-0.05, 0) is 44.0 Å². The van der Waals surface area contributed by atoms with Crippen molar-refractivity contribution >= 4 is 23.3 Å². The highest BCUT2D eigenvalue weighted by molar-refractivity contribution is 5.98. The van der Waals surface area contributed by atoms with Crippen LogP contribution in [0.2, 0.25) is 0 Å². The van der Waals surface area contributed by atoms with Crippen molar-refractivity contribution in [3.8, 4) is 22.6 Å². The number of H-pyrrole nitrogens is 1. The largest absolute Gasteiger partial charge is 0.382 e. The molecule has 4 aromatic rings. The number of imidazole rings is 1. The standard InChI is InChI=1S/C24H26N8O2/c1-15-13-28-18-7-6-16(14-32(15)18)20-21(17-5-4-9-26-17)30-23(25)22(29-20)24(34)27-10-8-19(33)31-11-2-3-12-31/h4-7,9,13-14,26H,2-3,8,10-12H2,1H3,(H2,25,30)(H,27,34). The third-order valence-corrected chi connectivity index (χ3v) is 6.04. The van der Waals surface area contributed by atoms with E-state index in [0.29, 0.717) is 11.4 Å². The number of anilines is 1. The minimum Gasteiger partial charge on any atom is -0.382 e. The Morgan fingerprint density at radius 3 is 2.74 bits per heavy atom. The number of carbonyl (C=O) groups excluding carboxylic acids is 2. The zero-order valence-electron chi connectivity index (χ0n) is 18.9. The molecule has 0 unspecified atom stereocenters. The fraction of sp³-hybridized carbons (Fsp3) is 0.292. The van der Waals surface area contributed by atoms with Gasteiger partial charge < -0.3 is 25.3 Å². The summed E-state index contributed by atoms with van der Waals surface area (Å²) in [5, 5.41) is 2.77. The van der Waals surface area contributed by atoms with Crippen LogP contribution in [0.25, 0.3) is 28.3 Å². The van der Waals surface area contributed by atoms with Crippen LogP contribution in [0.3, 0.4) is 0 Å². The molecule has 1 aliphatic heterocycles. The SMILES string of the molecule is Cc1cnc2ccc(-c3nc(C(=O)NCCC(=O)N4CCCC4)c(N)nc3-c3ccc[nH]3)cn12. The van der Waals surface area contributed by atoms with Gasteiger partial charge in [-0.1, -0.05) is 0 Å². The predicted molar refractivity (Wildman–Crippen MR) is 128 cm³/mol. The zero-order chi connectivity index (χ0) is 23.7. The Morgan fingerprint density at radius 1 is 1.15 bits per heavy atom. The second-order valence-electron chi connectivity index (χ2n) is 8.38. The van der Waals surface area contributed by atoms with E-state index in [2.05, 4.69) is 25.3 Å². The van der Waals surface area contributed by atoms with Crippen LogP contribution in [0, 0.1) is 6.92 Å². The van der Waals surface area contributed by atoms with Gasteiger partial charge >= 0.3 is 0 Å². The molecule has 0 aromatic carbocycles. The van der Waals surface area contributed by atoms with Gasteiger partial charge in [0.05, 0.1) is 5.69 Å². The van der Waals surface area contributed by atoms with Gasteiger partial charge in [0.25, 0.3) is 5.91 Å². The van der Waals surface area contributed by atoms with Gasteiger partial charge in [0.2, 0.25) is 5.91 Å². The molecule has 4 aromatic heterocycles. The minimum absolute atomic E-state index is 0.0246. The highest BCUT2D eigenvalue weighted by atomic mass is 16.2. The van der Waals surface area contributed by atoms with Gasteiger partial charge in [-0.2, -0.15) is 0 Å². The van der Waals surface area contributed by atoms with E-state index in [1.807, 2.05) is 46.7 Å². The van der Waals surface area contributed by atoms with Crippen molar-refractivity contribution in [3.05, 3.63) is 54.2 Å². The molecule has 0 radical (unpaired) electrons. The van der Waals surface area contributed by atoms with Gasteiger partial charge in [-0.15, -0.1) is 0 Å². The van der Waals surface area contributed by atoms with E-state index in [-0.39, 0.29) is 30.4 Å². The summed E-state index contributed by atoms with van der Waals surface area (Å²) in [6, 6.07) is 7.52. The number of hydrogen-bond donors (Lipinski definition) is 3. The van der Waals surface area contributed by atoms with E-state index in [4.69, 9.17) is 5.73 Å². The van der Waals surface area contributed by atoms with Crippen LogP contribution in [0.15, 0.2) is 42.9 Å². The number of aromatic nitrogens is 5. The minimum atomic E-state index is -0.460. The predicted octanol–water partition coefficient (Wildman–Crippen LogP) is 2.42. The Bertz CT molecular complexity index is 1350. The van der Waals surface area contributed by atoms with Crippen molar-refractivity contribution in [2.45, 2.75) is 26.2 Å². The normalized spacial score (nSPS) is 13.5. The summed E-state index contributed by atoms with van der Waals surface area (Å²) in [7, 11) is 0. The number of nitrogens with two attached hydrogens (primary N) is 1. The molecule has 5 rings (SSSR count). The maximum Gasteiger partial charge on any atom is 0.273 e. The molecule has 5 heterocycles. The maximum atomic E-state index is 12.9. The van der Waals surface area contributed by atoms with Crippen LogP contribution >= 0.6 is 0 Å². The molecule has 174 valence electrons. The molecule has 0 saturated carbocycles. The van der Waals surface area contributed by atoms with Crippen LogP contribution in [-0.2, 0) is 4.79 Å². The Kier molecular flexibility index (Phi) is 5.70. The number of nitrogens with one attached hydrogen (secondary N) is 2. The fourth-order valence-electron chi connectivity index (χ4n) is 4.22. The third kappa shape index (κ3) is 4.09. The molecule has 0 spiro atoms. The number of pyridine rings is 1. The van der Waals surface area contributed by atoms with E-state index in [9.17, 15) is 9.59 Å². The molecule has 34 heavy (non-hydrogen) atoms. The van der Waals surface area contributed by atoms with Crippen molar-refractivity contribution in [2.75, 3.05) is 25.4 Å². The van der Waals surface area contributed by atoms with Crippen molar-refractivity contribution in [1.29, 1.82) is 0 Å². The number of nitrogen functional groups attached to an aromatic ring is 1. The first-order valence-corrected chi connectivity index (χ1v) is 11.3. The van der Waals surface area contributed by atoms with Gasteiger partial charge in [0.1, 0.15) is 17.0 Å². The number of nitrogens with zero attached hydrogens (tertiary/aromatic N) is 5. The molecule has 4 N–H and O–H groups in total. The van der Waals surface area contributed by atoms with Crippen LogP contribution in [0.4, 0.5) is 5.82 Å². The summed E-state index contributed by atoms with van der Waals surface area (Å²) in [4.78, 5) is 43.7. The molecule has 10 heteroatoms. The van der Waals surface area contributed by atoms with E-state index in [0.717, 1.165) is 48.5 Å². The number of aryl methyl sites for hydroxylation is 1. The van der Waals surface area contributed by atoms with Crippen LogP contribution in [0.1, 0.15) is 35.4 Å². The summed E-state index contributed by atoms with van der Waals surface area (Å²) in [5.74, 6) is -0.390. The van der Waals surface area contributed by atoms with Gasteiger partial charge in [-0.3, -0.25) is 9.59 Å². The number of likely N-dealkylation sites (tertiary alicyclic amines) is 1. The van der Waals surface area contributed by atoms with Crippen molar-refractivity contribution in [1.82, 2.24) is 34.6 Å². The smallest absolute Gasteiger partial charge is 0.273 e. The zero-order valence-corrected chi connectivity index (χ0v) is 18.9. The monoisotopic (exact) mass is 458 g/mol. The number of hydrogen-bond acceptors (Lipinski definition) is 6. The van der Waals surface area contributed by atoms with Gasteiger partial charge in [-0.25, -0.2) is 15.0 Å². The molecule has 2 amide bonds. The quantitative estimate of drug-likeness (QED) is 0.406. The highest BCUT2D eigenvalue weighted by Gasteiger charge is 2.22. The second-order valence-corrected chi connectivity index (χ2v) is 8.38. The van der Waals surface area contributed by atoms with Crippen LogP contribution in [-0.4, -0.2) is 60.7 Å². The number of amides is 2. The Morgan fingerprint density at radius 2 is 1.97 bits per heavy atom. The number of aromatic amines is 1.